The molecule has 3 heterocycles. The molecule has 0 spiro atoms. The van der Waals surface area contributed by atoms with Crippen LogP contribution in [0.2, 0.25) is 0 Å². The zero-order valence-corrected chi connectivity index (χ0v) is 19.8. The Morgan fingerprint density at radius 1 is 1.29 bits per heavy atom. The Bertz CT molecular complexity index is 1270. The number of ether oxygens (including phenoxy) is 1. The van der Waals surface area contributed by atoms with E-state index in [2.05, 4.69) is 25.6 Å². The summed E-state index contributed by atoms with van der Waals surface area (Å²) in [5.74, 6) is 0.606. The van der Waals surface area contributed by atoms with E-state index in [0.29, 0.717) is 12.0 Å². The summed E-state index contributed by atoms with van der Waals surface area (Å²) in [4.78, 5) is 30.7. The molecule has 1 saturated heterocycles. The quantitative estimate of drug-likeness (QED) is 0.327. The number of aliphatic hydroxyl groups excluding tert-OH is 2. The zero-order valence-electron chi connectivity index (χ0n) is 18.9. The fourth-order valence-corrected chi connectivity index (χ4v) is 4.53. The maximum absolute atomic E-state index is 12.5. The third-order valence-corrected chi connectivity index (χ3v) is 6.63. The summed E-state index contributed by atoms with van der Waals surface area (Å²) in [5.41, 5.74) is 0.692. The van der Waals surface area contributed by atoms with Crippen LogP contribution in [-0.4, -0.2) is 70.4 Å². The zero-order chi connectivity index (χ0) is 25.2. The second-order valence-electron chi connectivity index (χ2n) is 7.95. The first-order valence-corrected chi connectivity index (χ1v) is 12.5. The van der Waals surface area contributed by atoms with E-state index in [1.807, 2.05) is 6.92 Å². The lowest BCUT2D eigenvalue weighted by molar-refractivity contribution is -0.0329. The van der Waals surface area contributed by atoms with E-state index in [1.54, 1.807) is 37.3 Å². The summed E-state index contributed by atoms with van der Waals surface area (Å²) in [5, 5.41) is 31.6. The molecule has 0 aliphatic carbocycles. The van der Waals surface area contributed by atoms with Gasteiger partial charge in [-0.3, -0.25) is 9.36 Å². The monoisotopic (exact) mass is 504 g/mol. The van der Waals surface area contributed by atoms with E-state index in [1.165, 1.54) is 6.33 Å². The van der Waals surface area contributed by atoms with E-state index < -0.39 is 44.1 Å². The number of nitrogens with one attached hydrogen (secondary N) is 1. The average Bonchev–Trinajstić information content (AvgIpc) is 3.39. The van der Waals surface area contributed by atoms with Crippen molar-refractivity contribution in [2.75, 3.05) is 5.32 Å². The van der Waals surface area contributed by atoms with Crippen LogP contribution >= 0.6 is 7.60 Å². The van der Waals surface area contributed by atoms with Crippen molar-refractivity contribution in [3.05, 3.63) is 54.1 Å². The van der Waals surface area contributed by atoms with Gasteiger partial charge in [-0.25, -0.2) is 9.97 Å². The van der Waals surface area contributed by atoms with E-state index in [9.17, 15) is 24.5 Å². The first-order chi connectivity index (χ1) is 16.7. The molecule has 1 aliphatic rings. The normalized spacial score (nSPS) is 25.1. The van der Waals surface area contributed by atoms with Crippen molar-refractivity contribution in [3.63, 3.8) is 0 Å². The van der Waals surface area contributed by atoms with Crippen molar-refractivity contribution >= 4 is 30.5 Å². The van der Waals surface area contributed by atoms with Gasteiger partial charge in [0, 0.05) is 11.4 Å². The molecule has 1 amide bonds. The fourth-order valence-electron chi connectivity index (χ4n) is 3.40. The lowest BCUT2D eigenvalue weighted by atomic mass is 10.1. The number of carbonyl (C=O) groups is 1. The maximum atomic E-state index is 12.5. The molecule has 14 heteroatoms. The van der Waals surface area contributed by atoms with Crippen LogP contribution in [0.25, 0.3) is 11.2 Å². The number of aliphatic hydroxyl groups is 2. The Hall–Kier alpha value is -3.06. The van der Waals surface area contributed by atoms with Gasteiger partial charge in [-0.1, -0.05) is 30.3 Å². The Balaban J connectivity index is 1.55. The number of anilines is 1. The topological polar surface area (TPSA) is 182 Å². The van der Waals surface area contributed by atoms with Crippen molar-refractivity contribution in [2.45, 2.75) is 50.9 Å². The minimum absolute atomic E-state index is 0.1000. The molecule has 4 rings (SSSR count). The van der Waals surface area contributed by atoms with Gasteiger partial charge in [-0.2, -0.15) is 4.68 Å². The van der Waals surface area contributed by atoms with Gasteiger partial charge in [0.05, 0.1) is 6.10 Å². The molecule has 6 unspecified atom stereocenters. The van der Waals surface area contributed by atoms with Gasteiger partial charge in [-0.15, -0.1) is 5.10 Å². The maximum Gasteiger partial charge on any atom is 0.351 e. The van der Waals surface area contributed by atoms with Crippen molar-refractivity contribution in [1.29, 1.82) is 0 Å². The molecular formula is C21H25N6O7P. The number of carbonyl (C=O) groups excluding carboxylic acids is 1. The van der Waals surface area contributed by atoms with E-state index >= 15 is 0 Å². The highest BCUT2D eigenvalue weighted by Gasteiger charge is 2.44. The van der Waals surface area contributed by atoms with Crippen molar-refractivity contribution in [3.8, 4) is 0 Å². The van der Waals surface area contributed by atoms with Crippen molar-refractivity contribution in [1.82, 2.24) is 25.0 Å². The third kappa shape index (κ3) is 5.45. The average molecular weight is 504 g/mol. The SMILES string of the molecule is CCC(C)OP(=O)(O)C=CC1OC(n2nnc3c(NC(=O)c4ccccc4)ncnc32)C(O)C1O. The Kier molecular flexibility index (Phi) is 7.36. The number of rotatable bonds is 8. The number of hydrogen-bond acceptors (Lipinski definition) is 10. The summed E-state index contributed by atoms with van der Waals surface area (Å²) in [6.45, 7) is 3.47. The summed E-state index contributed by atoms with van der Waals surface area (Å²) < 4.78 is 24.1. The number of aromatic nitrogens is 5. The number of benzene rings is 1. The molecule has 13 nitrogen and oxygen atoms in total. The van der Waals surface area contributed by atoms with Crippen LogP contribution in [-0.2, 0) is 13.8 Å². The first kappa shape index (κ1) is 25.0. The van der Waals surface area contributed by atoms with Crippen LogP contribution in [0.1, 0.15) is 36.9 Å². The number of hydrogen-bond donors (Lipinski definition) is 4. The molecule has 1 aromatic carbocycles. The molecule has 4 N–H and O–H groups in total. The van der Waals surface area contributed by atoms with Gasteiger partial charge >= 0.3 is 7.60 Å². The summed E-state index contributed by atoms with van der Waals surface area (Å²) in [6, 6.07) is 8.51. The molecule has 1 aliphatic heterocycles. The first-order valence-electron chi connectivity index (χ1n) is 10.8. The smallest absolute Gasteiger partial charge is 0.351 e. The van der Waals surface area contributed by atoms with Crippen LogP contribution in [0.3, 0.4) is 0 Å². The predicted octanol–water partition coefficient (Wildman–Crippen LogP) is 1.61. The van der Waals surface area contributed by atoms with Crippen LogP contribution in [0.15, 0.2) is 48.6 Å². The van der Waals surface area contributed by atoms with Crippen LogP contribution in [0.4, 0.5) is 5.82 Å². The Labute approximate surface area is 200 Å². The van der Waals surface area contributed by atoms with Gasteiger partial charge in [0.1, 0.15) is 24.6 Å². The summed E-state index contributed by atoms with van der Waals surface area (Å²) in [7, 11) is -4.08. The molecule has 3 aromatic rings. The second-order valence-corrected chi connectivity index (χ2v) is 9.59. The Morgan fingerprint density at radius 3 is 2.74 bits per heavy atom. The molecule has 0 saturated carbocycles. The molecule has 0 radical (unpaired) electrons. The van der Waals surface area contributed by atoms with E-state index in [-0.39, 0.29) is 17.0 Å². The van der Waals surface area contributed by atoms with Crippen molar-refractivity contribution < 1.29 is 33.7 Å². The Morgan fingerprint density at radius 2 is 2.03 bits per heavy atom. The fraction of sp³-hybridized carbons (Fsp3) is 0.381. The minimum Gasteiger partial charge on any atom is -0.387 e. The van der Waals surface area contributed by atoms with Crippen LogP contribution in [0.5, 0.6) is 0 Å². The lowest BCUT2D eigenvalue weighted by Crippen LogP contribution is -2.31. The number of amides is 1. The van der Waals surface area contributed by atoms with Crippen LogP contribution in [0, 0.1) is 0 Å². The molecular weight excluding hydrogens is 479 g/mol. The number of nitrogens with zero attached hydrogens (tertiary/aromatic N) is 5. The molecule has 6 atom stereocenters. The largest absolute Gasteiger partial charge is 0.387 e. The molecule has 1 fully saturated rings. The molecule has 2 aromatic heterocycles. The molecule has 0 bridgehead atoms. The van der Waals surface area contributed by atoms with Gasteiger partial charge in [0.25, 0.3) is 5.91 Å². The highest BCUT2D eigenvalue weighted by atomic mass is 31.2. The van der Waals surface area contributed by atoms with Crippen LogP contribution < -0.4 is 5.32 Å². The molecule has 186 valence electrons. The van der Waals surface area contributed by atoms with Gasteiger partial charge in [-0.05, 0) is 31.6 Å². The summed E-state index contributed by atoms with van der Waals surface area (Å²) in [6.07, 6.45) is -2.79. The predicted molar refractivity (Wildman–Crippen MR) is 123 cm³/mol. The van der Waals surface area contributed by atoms with E-state index in [0.717, 1.165) is 16.6 Å². The highest BCUT2D eigenvalue weighted by Crippen LogP contribution is 2.46. The standard InChI is InChI=1S/C21H25N6O7P/c1-3-12(2)34-35(31,32)10-9-14-16(28)17(29)21(33-14)27-19-15(25-26-27)18(22-11-23-19)24-20(30)13-7-5-4-6-8-13/h4-12,14,16-17,21,28-29H,3H2,1-2H3,(H,31,32)(H,22,23,24,30). The van der Waals surface area contributed by atoms with Gasteiger partial charge in [0.2, 0.25) is 0 Å². The highest BCUT2D eigenvalue weighted by molar-refractivity contribution is 7.56. The van der Waals surface area contributed by atoms with E-state index in [4.69, 9.17) is 9.26 Å². The van der Waals surface area contributed by atoms with Gasteiger partial charge < -0.3 is 29.7 Å². The second kappa shape index (κ2) is 10.3. The number of fused-ring (bicyclic) bond motifs is 1. The summed E-state index contributed by atoms with van der Waals surface area (Å²) >= 11 is 0. The molecule has 35 heavy (non-hydrogen) atoms. The lowest BCUT2D eigenvalue weighted by Gasteiger charge is -2.15. The minimum atomic E-state index is -4.08. The van der Waals surface area contributed by atoms with Crippen molar-refractivity contribution in [2.24, 2.45) is 0 Å². The van der Waals surface area contributed by atoms with Gasteiger partial charge in [0.15, 0.2) is 23.2 Å². The third-order valence-electron chi connectivity index (χ3n) is 5.42.